The summed E-state index contributed by atoms with van der Waals surface area (Å²) in [5.41, 5.74) is 0.951. The zero-order valence-corrected chi connectivity index (χ0v) is 9.92. The molecule has 0 aliphatic carbocycles. The van der Waals surface area contributed by atoms with Crippen LogP contribution in [0.2, 0.25) is 10.0 Å². The van der Waals surface area contributed by atoms with Crippen molar-refractivity contribution in [2.75, 3.05) is 16.8 Å². The molecule has 1 saturated heterocycles. The van der Waals surface area contributed by atoms with Crippen molar-refractivity contribution < 1.29 is 0 Å². The Bertz CT molecular complexity index is 324. The van der Waals surface area contributed by atoms with Gasteiger partial charge in [0.15, 0.2) is 0 Å². The van der Waals surface area contributed by atoms with E-state index in [1.165, 1.54) is 12.2 Å². The second kappa shape index (κ2) is 4.65. The Labute approximate surface area is 98.2 Å². The molecule has 14 heavy (non-hydrogen) atoms. The number of nitrogens with one attached hydrogen (secondary N) is 1. The Hall–Kier alpha value is -0.0500. The van der Waals surface area contributed by atoms with E-state index in [0.29, 0.717) is 6.04 Å². The minimum atomic E-state index is 0.538. The lowest BCUT2D eigenvalue weighted by atomic mass is 10.2. The van der Waals surface area contributed by atoms with Crippen LogP contribution in [-0.4, -0.2) is 17.5 Å². The van der Waals surface area contributed by atoms with E-state index in [1.807, 2.05) is 23.9 Å². The van der Waals surface area contributed by atoms with Gasteiger partial charge in [-0.05, 0) is 30.4 Å². The summed E-state index contributed by atoms with van der Waals surface area (Å²) in [6.45, 7) is 0. The number of halogens is 2. The van der Waals surface area contributed by atoms with Crippen LogP contribution in [-0.2, 0) is 0 Å². The second-order valence-corrected chi connectivity index (χ2v) is 5.32. The summed E-state index contributed by atoms with van der Waals surface area (Å²) >= 11 is 13.9. The molecule has 4 heteroatoms. The fraction of sp³-hybridized carbons (Fsp3) is 0.400. The molecule has 1 aromatic rings. The molecular weight excluding hydrogens is 237 g/mol. The molecule has 0 spiro atoms. The normalized spacial score (nSPS) is 21.1. The molecule has 0 bridgehead atoms. The zero-order valence-electron chi connectivity index (χ0n) is 7.59. The quantitative estimate of drug-likeness (QED) is 0.851. The van der Waals surface area contributed by atoms with E-state index >= 15 is 0 Å². The Kier molecular flexibility index (Phi) is 3.47. The lowest BCUT2D eigenvalue weighted by Gasteiger charge is -2.14. The van der Waals surface area contributed by atoms with Crippen molar-refractivity contribution in [2.24, 2.45) is 0 Å². The van der Waals surface area contributed by atoms with Crippen LogP contribution in [0.25, 0.3) is 0 Å². The zero-order chi connectivity index (χ0) is 9.97. The minimum Gasteiger partial charge on any atom is -0.380 e. The summed E-state index contributed by atoms with van der Waals surface area (Å²) in [5, 5.41) is 4.88. The molecule has 1 N–H and O–H groups in total. The van der Waals surface area contributed by atoms with E-state index in [2.05, 4.69) is 5.32 Å². The van der Waals surface area contributed by atoms with E-state index in [-0.39, 0.29) is 0 Å². The summed E-state index contributed by atoms with van der Waals surface area (Å²) < 4.78 is 0. The number of hydrogen-bond acceptors (Lipinski definition) is 2. The van der Waals surface area contributed by atoms with Crippen molar-refractivity contribution in [2.45, 2.75) is 12.5 Å². The van der Waals surface area contributed by atoms with Crippen molar-refractivity contribution in [3.8, 4) is 0 Å². The highest BCUT2D eigenvalue weighted by atomic mass is 35.5. The van der Waals surface area contributed by atoms with Crippen LogP contribution in [0.4, 0.5) is 5.69 Å². The van der Waals surface area contributed by atoms with Crippen LogP contribution in [0, 0.1) is 0 Å². The molecule has 1 nitrogen and oxygen atoms in total. The summed E-state index contributed by atoms with van der Waals surface area (Å²) in [5.74, 6) is 2.39. The van der Waals surface area contributed by atoms with E-state index in [9.17, 15) is 0 Å². The first-order chi connectivity index (χ1) is 6.75. The fourth-order valence-corrected chi connectivity index (χ4v) is 2.97. The molecule has 2 rings (SSSR count). The Morgan fingerprint density at radius 2 is 2.21 bits per heavy atom. The average Bonchev–Trinajstić information content (AvgIpc) is 2.64. The molecular formula is C10H11Cl2NS. The molecule has 0 radical (unpaired) electrons. The average molecular weight is 248 g/mol. The lowest BCUT2D eigenvalue weighted by Crippen LogP contribution is -2.18. The van der Waals surface area contributed by atoms with Gasteiger partial charge in [-0.25, -0.2) is 0 Å². The van der Waals surface area contributed by atoms with Gasteiger partial charge in [0.25, 0.3) is 0 Å². The summed E-state index contributed by atoms with van der Waals surface area (Å²) in [7, 11) is 0. The van der Waals surface area contributed by atoms with Crippen LogP contribution < -0.4 is 5.32 Å². The highest BCUT2D eigenvalue weighted by molar-refractivity contribution is 7.99. The van der Waals surface area contributed by atoms with Gasteiger partial charge in [0.1, 0.15) is 0 Å². The van der Waals surface area contributed by atoms with Gasteiger partial charge < -0.3 is 5.32 Å². The van der Waals surface area contributed by atoms with Crippen molar-refractivity contribution in [3.63, 3.8) is 0 Å². The van der Waals surface area contributed by atoms with Crippen LogP contribution in [0.5, 0.6) is 0 Å². The highest BCUT2D eigenvalue weighted by Gasteiger charge is 2.15. The predicted octanol–water partition coefficient (Wildman–Crippen LogP) is 3.91. The van der Waals surface area contributed by atoms with Crippen molar-refractivity contribution in [1.82, 2.24) is 0 Å². The van der Waals surface area contributed by atoms with Gasteiger partial charge in [-0.1, -0.05) is 23.2 Å². The maximum Gasteiger partial charge on any atom is 0.0638 e. The Morgan fingerprint density at radius 3 is 2.93 bits per heavy atom. The molecule has 0 aromatic heterocycles. The fourth-order valence-electron chi connectivity index (χ4n) is 1.48. The smallest absolute Gasteiger partial charge is 0.0638 e. The molecule has 1 aromatic carbocycles. The maximum absolute atomic E-state index is 6.05. The van der Waals surface area contributed by atoms with Crippen LogP contribution >= 0.6 is 35.0 Å². The number of anilines is 1. The third-order valence-electron chi connectivity index (χ3n) is 2.22. The lowest BCUT2D eigenvalue weighted by molar-refractivity contribution is 0.813. The molecule has 1 aliphatic heterocycles. The first kappa shape index (κ1) is 10.5. The number of thioether (sulfide) groups is 1. The number of hydrogen-bond donors (Lipinski definition) is 1. The standard InChI is InChI=1S/C10H11Cl2NS/c11-7-1-2-9(12)10(5-7)13-8-3-4-14-6-8/h1-2,5,8,13H,3-4,6H2. The summed E-state index contributed by atoms with van der Waals surface area (Å²) in [6.07, 6.45) is 1.20. The predicted molar refractivity (Wildman–Crippen MR) is 65.8 cm³/mol. The van der Waals surface area contributed by atoms with E-state index < -0.39 is 0 Å². The van der Waals surface area contributed by atoms with E-state index in [4.69, 9.17) is 23.2 Å². The Balaban J connectivity index is 2.10. The van der Waals surface area contributed by atoms with Crippen LogP contribution in [0.1, 0.15) is 6.42 Å². The summed E-state index contributed by atoms with van der Waals surface area (Å²) in [6, 6.07) is 6.05. The van der Waals surface area contributed by atoms with Gasteiger partial charge >= 0.3 is 0 Å². The summed E-state index contributed by atoms with van der Waals surface area (Å²) in [4.78, 5) is 0. The SMILES string of the molecule is Clc1ccc(Cl)c(NC2CCSC2)c1. The first-order valence-corrected chi connectivity index (χ1v) is 6.46. The Morgan fingerprint density at radius 1 is 1.36 bits per heavy atom. The molecule has 1 atom stereocenters. The van der Waals surface area contributed by atoms with Gasteiger partial charge in [0.2, 0.25) is 0 Å². The highest BCUT2D eigenvalue weighted by Crippen LogP contribution is 2.28. The van der Waals surface area contributed by atoms with E-state index in [1.54, 1.807) is 6.07 Å². The molecule has 76 valence electrons. The van der Waals surface area contributed by atoms with Crippen LogP contribution in [0.3, 0.4) is 0 Å². The van der Waals surface area contributed by atoms with Gasteiger partial charge in [-0.2, -0.15) is 11.8 Å². The van der Waals surface area contributed by atoms with Gasteiger partial charge in [-0.3, -0.25) is 0 Å². The molecule has 1 aliphatic rings. The van der Waals surface area contributed by atoms with E-state index in [0.717, 1.165) is 21.5 Å². The number of benzene rings is 1. The molecule has 0 amide bonds. The third kappa shape index (κ3) is 2.50. The van der Waals surface area contributed by atoms with Gasteiger partial charge in [0, 0.05) is 16.8 Å². The minimum absolute atomic E-state index is 0.538. The van der Waals surface area contributed by atoms with Crippen molar-refractivity contribution in [1.29, 1.82) is 0 Å². The topological polar surface area (TPSA) is 12.0 Å². The second-order valence-electron chi connectivity index (χ2n) is 3.33. The van der Waals surface area contributed by atoms with Gasteiger partial charge in [0.05, 0.1) is 10.7 Å². The van der Waals surface area contributed by atoms with Crippen molar-refractivity contribution >= 4 is 40.7 Å². The van der Waals surface area contributed by atoms with Crippen molar-refractivity contribution in [3.05, 3.63) is 28.2 Å². The van der Waals surface area contributed by atoms with Gasteiger partial charge in [-0.15, -0.1) is 0 Å². The third-order valence-corrected chi connectivity index (χ3v) is 3.94. The molecule has 1 fully saturated rings. The van der Waals surface area contributed by atoms with Crippen LogP contribution in [0.15, 0.2) is 18.2 Å². The first-order valence-electron chi connectivity index (χ1n) is 4.55. The molecule has 1 unspecified atom stereocenters. The maximum atomic E-state index is 6.05. The molecule has 0 saturated carbocycles. The molecule has 1 heterocycles. The number of rotatable bonds is 2. The monoisotopic (exact) mass is 247 g/mol. The largest absolute Gasteiger partial charge is 0.380 e.